The number of rotatable bonds is 6. The third-order valence-corrected chi connectivity index (χ3v) is 4.08. The van der Waals surface area contributed by atoms with Gasteiger partial charge in [0.25, 0.3) is 0 Å². The average Bonchev–Trinajstić information content (AvgIpc) is 3.13. The summed E-state index contributed by atoms with van der Waals surface area (Å²) in [6, 6.07) is 13.7. The number of tetrazole rings is 1. The van der Waals surface area contributed by atoms with Crippen molar-refractivity contribution in [3.05, 3.63) is 59.7 Å². The third kappa shape index (κ3) is 4.00. The van der Waals surface area contributed by atoms with Crippen molar-refractivity contribution in [3.8, 4) is 11.4 Å². The van der Waals surface area contributed by atoms with Crippen LogP contribution in [0.3, 0.4) is 0 Å². The third-order valence-electron chi connectivity index (χ3n) is 4.08. The Morgan fingerprint density at radius 1 is 1.15 bits per heavy atom. The second kappa shape index (κ2) is 7.77. The molecule has 8 heteroatoms. The van der Waals surface area contributed by atoms with Crippen LogP contribution in [0, 0.1) is 6.92 Å². The summed E-state index contributed by atoms with van der Waals surface area (Å²) in [5.74, 6) is -0.416. The van der Waals surface area contributed by atoms with E-state index in [1.54, 1.807) is 25.1 Å². The number of nitrogens with one attached hydrogen (secondary N) is 1. The molecule has 1 aromatic heterocycles. The van der Waals surface area contributed by atoms with Gasteiger partial charge in [-0.25, -0.2) is 0 Å². The van der Waals surface area contributed by atoms with Gasteiger partial charge in [0, 0.05) is 12.0 Å². The van der Waals surface area contributed by atoms with Crippen LogP contribution in [0.25, 0.3) is 11.4 Å². The number of amides is 2. The summed E-state index contributed by atoms with van der Waals surface area (Å²) in [4.78, 5) is 25.0. The van der Waals surface area contributed by atoms with Crippen molar-refractivity contribution in [2.24, 2.45) is 5.73 Å². The highest BCUT2D eigenvalue weighted by Gasteiger charge is 2.24. The van der Waals surface area contributed by atoms with Crippen LogP contribution in [-0.4, -0.2) is 32.0 Å². The van der Waals surface area contributed by atoms with E-state index in [0.29, 0.717) is 29.1 Å². The van der Waals surface area contributed by atoms with Crippen LogP contribution in [0.2, 0.25) is 0 Å². The number of anilines is 1. The summed E-state index contributed by atoms with van der Waals surface area (Å²) < 4.78 is 0. The predicted octanol–water partition coefficient (Wildman–Crippen LogP) is 2.07. The van der Waals surface area contributed by atoms with E-state index in [-0.39, 0.29) is 5.91 Å². The van der Waals surface area contributed by atoms with Crippen molar-refractivity contribution >= 4 is 17.5 Å². The largest absolute Gasteiger partial charge is 0.367 e. The van der Waals surface area contributed by atoms with E-state index in [1.807, 2.05) is 37.3 Å². The average molecular weight is 364 g/mol. The van der Waals surface area contributed by atoms with Gasteiger partial charge in [0.2, 0.25) is 17.6 Å². The first-order valence-electron chi connectivity index (χ1n) is 8.54. The van der Waals surface area contributed by atoms with Gasteiger partial charge < -0.3 is 11.1 Å². The molecule has 3 aromatic rings. The normalized spacial score (nSPS) is 11.8. The van der Waals surface area contributed by atoms with Crippen LogP contribution in [0.1, 0.15) is 30.5 Å². The molecule has 27 heavy (non-hydrogen) atoms. The van der Waals surface area contributed by atoms with Gasteiger partial charge in [-0.3, -0.25) is 9.59 Å². The Hall–Kier alpha value is -3.55. The van der Waals surface area contributed by atoms with Crippen LogP contribution >= 0.6 is 0 Å². The quantitative estimate of drug-likeness (QED) is 0.695. The number of primary amides is 1. The fraction of sp³-hybridized carbons (Fsp3) is 0.211. The monoisotopic (exact) mass is 364 g/mol. The number of aromatic nitrogens is 4. The van der Waals surface area contributed by atoms with Gasteiger partial charge in [-0.05, 0) is 29.8 Å². The highest BCUT2D eigenvalue weighted by molar-refractivity contribution is 5.94. The molecule has 0 aliphatic carbocycles. The number of nitrogens with zero attached hydrogens (tertiary/aromatic N) is 4. The van der Waals surface area contributed by atoms with Gasteiger partial charge in [-0.2, -0.15) is 0 Å². The first kappa shape index (κ1) is 18.2. The zero-order chi connectivity index (χ0) is 19.4. The Bertz CT molecular complexity index is 964. The van der Waals surface area contributed by atoms with Crippen molar-refractivity contribution in [1.29, 1.82) is 0 Å². The number of benzene rings is 2. The van der Waals surface area contributed by atoms with Gasteiger partial charge in [0.15, 0.2) is 6.04 Å². The summed E-state index contributed by atoms with van der Waals surface area (Å²) in [6.45, 7) is 3.72. The Morgan fingerprint density at radius 2 is 1.85 bits per heavy atom. The summed E-state index contributed by atoms with van der Waals surface area (Å²) >= 11 is 0. The molecular weight excluding hydrogens is 344 g/mol. The highest BCUT2D eigenvalue weighted by atomic mass is 16.2. The molecule has 1 atom stereocenters. The number of nitrogens with two attached hydrogens (primary N) is 1. The SMILES string of the molecule is CCC(=O)Nc1ccccc1-c1nnn(C(C(N)=O)c2ccc(C)cc2)n1. The summed E-state index contributed by atoms with van der Waals surface area (Å²) in [7, 11) is 0. The van der Waals surface area contributed by atoms with Crippen LogP contribution in [0.15, 0.2) is 48.5 Å². The van der Waals surface area contributed by atoms with Crippen molar-refractivity contribution in [2.75, 3.05) is 5.32 Å². The molecule has 8 nitrogen and oxygen atoms in total. The number of aryl methyl sites for hydroxylation is 1. The summed E-state index contributed by atoms with van der Waals surface area (Å²) in [5.41, 5.74) is 8.50. The first-order chi connectivity index (χ1) is 13.0. The van der Waals surface area contributed by atoms with Crippen molar-refractivity contribution in [3.63, 3.8) is 0 Å². The van der Waals surface area contributed by atoms with Crippen LogP contribution in [0.5, 0.6) is 0 Å². The topological polar surface area (TPSA) is 116 Å². The second-order valence-electron chi connectivity index (χ2n) is 6.10. The minimum Gasteiger partial charge on any atom is -0.367 e. The molecule has 2 aromatic carbocycles. The standard InChI is InChI=1S/C19H20N6O2/c1-3-16(26)21-15-7-5-4-6-14(15)19-22-24-25(23-19)17(18(20)27)13-10-8-12(2)9-11-13/h4-11,17H,3H2,1-2H3,(H2,20,27)(H,21,26). The molecule has 3 rings (SSSR count). The van der Waals surface area contributed by atoms with E-state index in [4.69, 9.17) is 5.73 Å². The lowest BCUT2D eigenvalue weighted by atomic mass is 10.1. The van der Waals surface area contributed by atoms with Crippen LogP contribution in [-0.2, 0) is 9.59 Å². The Morgan fingerprint density at radius 3 is 2.52 bits per heavy atom. The number of carbonyl (C=O) groups is 2. The molecular formula is C19H20N6O2. The Labute approximate surface area is 156 Å². The van der Waals surface area contributed by atoms with E-state index in [2.05, 4.69) is 20.7 Å². The number of hydrogen-bond acceptors (Lipinski definition) is 5. The lowest BCUT2D eigenvalue weighted by Gasteiger charge is -2.12. The summed E-state index contributed by atoms with van der Waals surface area (Å²) in [6.07, 6.45) is 0.353. The highest BCUT2D eigenvalue weighted by Crippen LogP contribution is 2.25. The molecule has 0 spiro atoms. The maximum absolute atomic E-state index is 12.0. The maximum atomic E-state index is 12.0. The van der Waals surface area contributed by atoms with Gasteiger partial charge in [-0.15, -0.1) is 15.0 Å². The molecule has 0 fully saturated rings. The Kier molecular flexibility index (Phi) is 5.25. The molecule has 0 saturated heterocycles. The van der Waals surface area contributed by atoms with E-state index < -0.39 is 11.9 Å². The zero-order valence-corrected chi connectivity index (χ0v) is 15.1. The van der Waals surface area contributed by atoms with E-state index >= 15 is 0 Å². The summed E-state index contributed by atoms with van der Waals surface area (Å²) in [5, 5.41) is 15.2. The van der Waals surface area contributed by atoms with E-state index in [9.17, 15) is 9.59 Å². The minimum absolute atomic E-state index is 0.121. The van der Waals surface area contributed by atoms with Crippen molar-refractivity contribution < 1.29 is 9.59 Å². The number of hydrogen-bond donors (Lipinski definition) is 2. The molecule has 1 unspecified atom stereocenters. The molecule has 2 amide bonds. The molecule has 0 aliphatic heterocycles. The van der Waals surface area contributed by atoms with E-state index in [0.717, 1.165) is 5.56 Å². The lowest BCUT2D eigenvalue weighted by molar-refractivity contribution is -0.120. The number of carbonyl (C=O) groups excluding carboxylic acids is 2. The second-order valence-corrected chi connectivity index (χ2v) is 6.10. The molecule has 3 N–H and O–H groups in total. The van der Waals surface area contributed by atoms with Gasteiger partial charge >= 0.3 is 0 Å². The first-order valence-corrected chi connectivity index (χ1v) is 8.54. The molecule has 1 heterocycles. The predicted molar refractivity (Wildman–Crippen MR) is 101 cm³/mol. The minimum atomic E-state index is -0.871. The molecule has 0 bridgehead atoms. The van der Waals surface area contributed by atoms with E-state index in [1.165, 1.54) is 4.80 Å². The Balaban J connectivity index is 1.97. The zero-order valence-electron chi connectivity index (χ0n) is 15.1. The lowest BCUT2D eigenvalue weighted by Crippen LogP contribution is -2.29. The van der Waals surface area contributed by atoms with Crippen LogP contribution in [0.4, 0.5) is 5.69 Å². The molecule has 138 valence electrons. The number of para-hydroxylation sites is 1. The molecule has 0 radical (unpaired) electrons. The van der Waals surface area contributed by atoms with Crippen LogP contribution < -0.4 is 11.1 Å². The van der Waals surface area contributed by atoms with Crippen molar-refractivity contribution in [2.45, 2.75) is 26.3 Å². The fourth-order valence-corrected chi connectivity index (χ4v) is 2.63. The maximum Gasteiger partial charge on any atom is 0.248 e. The van der Waals surface area contributed by atoms with Gasteiger partial charge in [-0.1, -0.05) is 48.9 Å². The fourth-order valence-electron chi connectivity index (χ4n) is 2.63. The van der Waals surface area contributed by atoms with Crippen molar-refractivity contribution in [1.82, 2.24) is 20.2 Å². The smallest absolute Gasteiger partial charge is 0.248 e. The van der Waals surface area contributed by atoms with Gasteiger partial charge in [0.1, 0.15) is 0 Å². The molecule has 0 aliphatic rings. The van der Waals surface area contributed by atoms with Gasteiger partial charge in [0.05, 0.1) is 5.69 Å². The molecule has 0 saturated carbocycles.